The van der Waals surface area contributed by atoms with Gasteiger partial charge in [-0.25, -0.2) is 5.10 Å². The van der Waals surface area contributed by atoms with E-state index < -0.39 is 29.2 Å². The molecule has 2 aromatic carbocycles. The second-order valence-corrected chi connectivity index (χ2v) is 6.94. The van der Waals surface area contributed by atoms with E-state index in [-0.39, 0.29) is 42.5 Å². The van der Waals surface area contributed by atoms with Crippen LogP contribution in [-0.4, -0.2) is 28.7 Å². The minimum absolute atomic E-state index is 0.0252. The Morgan fingerprint density at radius 1 is 1.09 bits per heavy atom. The lowest BCUT2D eigenvalue weighted by Gasteiger charge is -2.13. The van der Waals surface area contributed by atoms with Gasteiger partial charge in [-0.05, 0) is 30.7 Å². The number of hydrogen-bond acceptors (Lipinski definition) is 5. The summed E-state index contributed by atoms with van der Waals surface area (Å²) in [4.78, 5) is 35.7. The van der Waals surface area contributed by atoms with Crippen molar-refractivity contribution in [1.82, 2.24) is 10.2 Å². The molecule has 10 heteroatoms. The van der Waals surface area contributed by atoms with E-state index in [4.69, 9.17) is 4.74 Å². The highest BCUT2D eigenvalue weighted by Gasteiger charge is 2.33. The summed E-state index contributed by atoms with van der Waals surface area (Å²) in [7, 11) is 0. The number of halogens is 3. The maximum atomic E-state index is 13.3. The molecule has 3 aromatic rings. The van der Waals surface area contributed by atoms with E-state index in [0.717, 1.165) is 6.07 Å². The molecule has 7 nitrogen and oxygen atoms in total. The molecule has 0 aliphatic carbocycles. The van der Waals surface area contributed by atoms with Gasteiger partial charge >= 0.3 is 12.1 Å². The van der Waals surface area contributed by atoms with Crippen LogP contribution in [-0.2, 0) is 26.9 Å². The van der Waals surface area contributed by atoms with Crippen LogP contribution < -0.4 is 10.9 Å². The first-order chi connectivity index (χ1) is 15.2. The normalized spacial score (nSPS) is 11.4. The van der Waals surface area contributed by atoms with E-state index in [1.165, 1.54) is 36.4 Å². The lowest BCUT2D eigenvalue weighted by molar-refractivity contribution is -0.144. The lowest BCUT2D eigenvalue weighted by atomic mass is 9.99. The second-order valence-electron chi connectivity index (χ2n) is 6.94. The predicted molar refractivity (Wildman–Crippen MR) is 111 cm³/mol. The summed E-state index contributed by atoms with van der Waals surface area (Å²) < 4.78 is 44.7. The van der Waals surface area contributed by atoms with Crippen LogP contribution in [0.4, 0.5) is 18.9 Å². The van der Waals surface area contributed by atoms with Crippen molar-refractivity contribution in [3.05, 3.63) is 69.6 Å². The molecule has 3 rings (SSSR count). The molecule has 0 unspecified atom stereocenters. The van der Waals surface area contributed by atoms with E-state index >= 15 is 0 Å². The van der Waals surface area contributed by atoms with Gasteiger partial charge in [-0.2, -0.15) is 18.3 Å². The number of rotatable bonds is 7. The fourth-order valence-corrected chi connectivity index (χ4v) is 3.24. The van der Waals surface area contributed by atoms with Crippen molar-refractivity contribution < 1.29 is 27.5 Å². The summed E-state index contributed by atoms with van der Waals surface area (Å²) in [6.45, 7) is 1.88. The van der Waals surface area contributed by atoms with Crippen LogP contribution >= 0.6 is 0 Å². The van der Waals surface area contributed by atoms with Crippen LogP contribution in [0.3, 0.4) is 0 Å². The Morgan fingerprint density at radius 2 is 1.84 bits per heavy atom. The molecule has 0 radical (unpaired) electrons. The van der Waals surface area contributed by atoms with Gasteiger partial charge in [-0.1, -0.05) is 24.3 Å². The number of nitrogens with zero attached hydrogens (tertiary/aromatic N) is 1. The standard InChI is InChI=1S/C22H20F3N3O4/c1-2-32-20(30)10-9-19(29)26-14-7-8-15-16(12-14)21(31)28-27-18(15)11-13-5-3-4-6-17(13)22(23,24)25/h3-8,12H,2,9-11H2,1H3,(H,26,29)(H,28,31). The summed E-state index contributed by atoms with van der Waals surface area (Å²) >= 11 is 0. The average Bonchev–Trinajstić information content (AvgIpc) is 2.74. The molecule has 1 heterocycles. The highest BCUT2D eigenvalue weighted by atomic mass is 19.4. The first-order valence-corrected chi connectivity index (χ1v) is 9.81. The quantitative estimate of drug-likeness (QED) is 0.537. The van der Waals surface area contributed by atoms with Crippen molar-refractivity contribution in [2.24, 2.45) is 0 Å². The molecule has 32 heavy (non-hydrogen) atoms. The van der Waals surface area contributed by atoms with Crippen LogP contribution in [0.15, 0.2) is 47.3 Å². The van der Waals surface area contributed by atoms with Gasteiger partial charge in [0.1, 0.15) is 0 Å². The number of H-pyrrole nitrogens is 1. The summed E-state index contributed by atoms with van der Waals surface area (Å²) in [5.74, 6) is -0.935. The smallest absolute Gasteiger partial charge is 0.416 e. The SMILES string of the molecule is CCOC(=O)CCC(=O)Nc1ccc2c(Cc3ccccc3C(F)(F)F)n[nH]c(=O)c2c1. The molecule has 0 aliphatic rings. The van der Waals surface area contributed by atoms with Gasteiger partial charge in [-0.3, -0.25) is 14.4 Å². The number of ether oxygens (including phenoxy) is 1. The number of esters is 1. The van der Waals surface area contributed by atoms with Crippen molar-refractivity contribution in [1.29, 1.82) is 0 Å². The lowest BCUT2D eigenvalue weighted by Crippen LogP contribution is -2.16. The van der Waals surface area contributed by atoms with E-state index in [1.54, 1.807) is 6.92 Å². The summed E-state index contributed by atoms with van der Waals surface area (Å²) in [5.41, 5.74) is -0.722. The Kier molecular flexibility index (Phi) is 6.92. The third-order valence-corrected chi connectivity index (χ3v) is 4.69. The molecule has 168 valence electrons. The zero-order valence-electron chi connectivity index (χ0n) is 17.1. The molecule has 0 fully saturated rings. The van der Waals surface area contributed by atoms with Crippen LogP contribution in [0.5, 0.6) is 0 Å². The van der Waals surface area contributed by atoms with Crippen LogP contribution in [0.2, 0.25) is 0 Å². The third kappa shape index (κ3) is 5.51. The Bertz CT molecular complexity index is 1200. The zero-order chi connectivity index (χ0) is 23.3. The second kappa shape index (κ2) is 9.63. The molecular formula is C22H20F3N3O4. The van der Waals surface area contributed by atoms with Gasteiger partial charge in [0.2, 0.25) is 5.91 Å². The number of carbonyl (C=O) groups excluding carboxylic acids is 2. The molecule has 2 N–H and O–H groups in total. The van der Waals surface area contributed by atoms with Gasteiger partial charge in [0.25, 0.3) is 5.56 Å². The minimum Gasteiger partial charge on any atom is -0.466 e. The molecule has 0 saturated heterocycles. The summed E-state index contributed by atoms with van der Waals surface area (Å²) in [5, 5.41) is 9.36. The predicted octanol–water partition coefficient (Wildman–Crippen LogP) is 3.81. The summed E-state index contributed by atoms with van der Waals surface area (Å²) in [6.07, 6.45) is -4.84. The molecule has 1 amide bonds. The molecule has 0 atom stereocenters. The molecule has 0 spiro atoms. The number of hydrogen-bond donors (Lipinski definition) is 2. The van der Waals surface area contributed by atoms with Crippen molar-refractivity contribution in [2.45, 2.75) is 32.4 Å². The fraction of sp³-hybridized carbons (Fsp3) is 0.273. The van der Waals surface area contributed by atoms with Crippen molar-refractivity contribution in [2.75, 3.05) is 11.9 Å². The first-order valence-electron chi connectivity index (χ1n) is 9.81. The molecule has 0 aliphatic heterocycles. The molecule has 0 saturated carbocycles. The largest absolute Gasteiger partial charge is 0.466 e. The van der Waals surface area contributed by atoms with Crippen LogP contribution in [0.25, 0.3) is 10.8 Å². The van der Waals surface area contributed by atoms with Gasteiger partial charge in [0.05, 0.1) is 29.7 Å². The monoisotopic (exact) mass is 447 g/mol. The first kappa shape index (κ1) is 23.0. The number of carbonyl (C=O) groups is 2. The number of aromatic amines is 1. The summed E-state index contributed by atoms with van der Waals surface area (Å²) in [6, 6.07) is 9.61. The fourth-order valence-electron chi connectivity index (χ4n) is 3.24. The number of aromatic nitrogens is 2. The van der Waals surface area contributed by atoms with E-state index in [9.17, 15) is 27.6 Å². The van der Waals surface area contributed by atoms with Crippen LogP contribution in [0.1, 0.15) is 36.6 Å². The Balaban J connectivity index is 1.85. The maximum absolute atomic E-state index is 13.3. The third-order valence-electron chi connectivity index (χ3n) is 4.69. The Labute approximate surface area is 180 Å². The van der Waals surface area contributed by atoms with Crippen molar-refractivity contribution in [3.8, 4) is 0 Å². The maximum Gasteiger partial charge on any atom is 0.416 e. The van der Waals surface area contributed by atoms with E-state index in [2.05, 4.69) is 15.5 Å². The minimum atomic E-state index is -4.52. The van der Waals surface area contributed by atoms with Crippen LogP contribution in [0, 0.1) is 0 Å². The number of amides is 1. The van der Waals surface area contributed by atoms with E-state index in [0.29, 0.717) is 11.1 Å². The van der Waals surface area contributed by atoms with Gasteiger partial charge < -0.3 is 10.1 Å². The number of nitrogens with one attached hydrogen (secondary N) is 2. The Hall–Kier alpha value is -3.69. The number of benzene rings is 2. The van der Waals surface area contributed by atoms with Gasteiger partial charge in [0, 0.05) is 23.9 Å². The average molecular weight is 447 g/mol. The number of fused-ring (bicyclic) bond motifs is 1. The van der Waals surface area contributed by atoms with Crippen molar-refractivity contribution >= 4 is 28.3 Å². The molecular weight excluding hydrogens is 427 g/mol. The zero-order valence-corrected chi connectivity index (χ0v) is 17.1. The van der Waals surface area contributed by atoms with Crippen molar-refractivity contribution in [3.63, 3.8) is 0 Å². The molecule has 1 aromatic heterocycles. The van der Waals surface area contributed by atoms with Gasteiger partial charge in [-0.15, -0.1) is 0 Å². The highest BCUT2D eigenvalue weighted by Crippen LogP contribution is 2.33. The topological polar surface area (TPSA) is 101 Å². The molecule has 0 bridgehead atoms. The highest BCUT2D eigenvalue weighted by molar-refractivity contribution is 5.95. The Morgan fingerprint density at radius 3 is 2.56 bits per heavy atom. The number of anilines is 1. The van der Waals surface area contributed by atoms with E-state index in [1.807, 2.05) is 0 Å². The van der Waals surface area contributed by atoms with Gasteiger partial charge in [0.15, 0.2) is 0 Å². The number of alkyl halides is 3.